The third-order valence-corrected chi connectivity index (χ3v) is 1.88. The van der Waals surface area contributed by atoms with Crippen LogP contribution < -0.4 is 5.32 Å². The van der Waals surface area contributed by atoms with Crippen molar-refractivity contribution in [2.24, 2.45) is 0 Å². The third-order valence-electron chi connectivity index (χ3n) is 1.88. The fraction of sp³-hybridized carbons (Fsp3) is 0.417. The molecule has 3 heteroatoms. The molecule has 1 unspecified atom stereocenters. The van der Waals surface area contributed by atoms with Gasteiger partial charge >= 0.3 is 0 Å². The Morgan fingerprint density at radius 2 is 2.33 bits per heavy atom. The molecule has 0 rings (SSSR count). The van der Waals surface area contributed by atoms with E-state index in [1.165, 1.54) is 18.4 Å². The zero-order chi connectivity index (χ0) is 11.7. The summed E-state index contributed by atoms with van der Waals surface area (Å²) in [6.07, 6.45) is 5.98. The lowest BCUT2D eigenvalue weighted by molar-refractivity contribution is 0.560. The molecule has 0 bridgehead atoms. The number of nitrogens with one attached hydrogen (secondary N) is 1. The average molecular weight is 208 g/mol. The van der Waals surface area contributed by atoms with Crippen LogP contribution in [0.15, 0.2) is 36.3 Å². The second kappa shape index (κ2) is 7.81. The number of allylic oxidation sites excluding steroid dienone is 4. The van der Waals surface area contributed by atoms with Gasteiger partial charge in [-0.1, -0.05) is 26.0 Å². The monoisotopic (exact) mass is 208 g/mol. The van der Waals surface area contributed by atoms with E-state index < -0.39 is 5.83 Å². The Hall–Kier alpha value is -1.56. The summed E-state index contributed by atoms with van der Waals surface area (Å²) in [5.74, 6) is -0.555. The fourth-order valence-corrected chi connectivity index (χ4v) is 1.10. The Bertz CT molecular complexity index is 297. The van der Waals surface area contributed by atoms with Gasteiger partial charge in [0.25, 0.3) is 0 Å². The van der Waals surface area contributed by atoms with Gasteiger partial charge in [0, 0.05) is 12.2 Å². The highest BCUT2D eigenvalue weighted by molar-refractivity contribution is 5.39. The molecule has 0 amide bonds. The molecule has 0 spiro atoms. The molecule has 0 aliphatic carbocycles. The number of halogens is 1. The minimum Gasteiger partial charge on any atom is -0.386 e. The largest absolute Gasteiger partial charge is 0.386 e. The smallest absolute Gasteiger partial charge is 0.156 e. The minimum atomic E-state index is -0.555. The van der Waals surface area contributed by atoms with Gasteiger partial charge in [-0.15, -0.1) is 0 Å². The third kappa shape index (κ3) is 5.69. The summed E-state index contributed by atoms with van der Waals surface area (Å²) in [5, 5.41) is 11.5. The maximum absolute atomic E-state index is 13.3. The molecule has 0 radical (unpaired) electrons. The number of hydrogen-bond donors (Lipinski definition) is 1. The quantitative estimate of drug-likeness (QED) is 0.537. The molecular formula is C12H17FN2. The van der Waals surface area contributed by atoms with E-state index in [0.29, 0.717) is 0 Å². The number of nitriles is 1. The maximum atomic E-state index is 13.3. The lowest BCUT2D eigenvalue weighted by Crippen LogP contribution is -2.20. The lowest BCUT2D eigenvalue weighted by atomic mass is 10.2. The Labute approximate surface area is 90.8 Å². The van der Waals surface area contributed by atoms with E-state index in [1.807, 2.05) is 6.92 Å². The molecule has 0 aliphatic heterocycles. The van der Waals surface area contributed by atoms with Crippen LogP contribution in [-0.4, -0.2) is 6.04 Å². The van der Waals surface area contributed by atoms with Crippen molar-refractivity contribution in [2.45, 2.75) is 32.7 Å². The summed E-state index contributed by atoms with van der Waals surface area (Å²) in [7, 11) is 0. The van der Waals surface area contributed by atoms with Gasteiger partial charge in [0.1, 0.15) is 6.07 Å². The van der Waals surface area contributed by atoms with Gasteiger partial charge in [0.15, 0.2) is 5.83 Å². The van der Waals surface area contributed by atoms with Gasteiger partial charge in [-0.05, 0) is 19.4 Å². The number of rotatable bonds is 6. The standard InChI is InChI=1S/C12H17FN2/c1-4-6-10(3)15-9-12(13)11(8-14)7-5-2/h5,7,9-10,15H,2,4,6H2,1,3H3/b11-7-,12-9+. The van der Waals surface area contributed by atoms with Crippen LogP contribution in [0.5, 0.6) is 0 Å². The van der Waals surface area contributed by atoms with Gasteiger partial charge in [0.2, 0.25) is 0 Å². The normalized spacial score (nSPS) is 14.3. The van der Waals surface area contributed by atoms with E-state index in [2.05, 4.69) is 18.8 Å². The van der Waals surface area contributed by atoms with Gasteiger partial charge in [0.05, 0.1) is 5.57 Å². The van der Waals surface area contributed by atoms with Crippen LogP contribution in [0.4, 0.5) is 4.39 Å². The van der Waals surface area contributed by atoms with Crippen molar-refractivity contribution in [3.63, 3.8) is 0 Å². The molecule has 15 heavy (non-hydrogen) atoms. The predicted octanol–water partition coefficient (Wildman–Crippen LogP) is 3.21. The first-order valence-electron chi connectivity index (χ1n) is 5.00. The summed E-state index contributed by atoms with van der Waals surface area (Å²) >= 11 is 0. The molecule has 0 aliphatic rings. The summed E-state index contributed by atoms with van der Waals surface area (Å²) < 4.78 is 13.3. The predicted molar refractivity (Wildman–Crippen MR) is 60.6 cm³/mol. The zero-order valence-corrected chi connectivity index (χ0v) is 9.26. The highest BCUT2D eigenvalue weighted by atomic mass is 19.1. The first-order valence-corrected chi connectivity index (χ1v) is 5.00. The molecule has 0 saturated heterocycles. The van der Waals surface area contributed by atoms with Crippen LogP contribution in [0.2, 0.25) is 0 Å². The van der Waals surface area contributed by atoms with Crippen LogP contribution in [0.3, 0.4) is 0 Å². The first kappa shape index (κ1) is 13.4. The van der Waals surface area contributed by atoms with E-state index >= 15 is 0 Å². The topological polar surface area (TPSA) is 35.8 Å². The lowest BCUT2D eigenvalue weighted by Gasteiger charge is -2.09. The number of hydrogen-bond acceptors (Lipinski definition) is 2. The van der Waals surface area contributed by atoms with E-state index in [9.17, 15) is 4.39 Å². The highest BCUT2D eigenvalue weighted by Crippen LogP contribution is 2.09. The Morgan fingerprint density at radius 3 is 2.80 bits per heavy atom. The molecule has 2 nitrogen and oxygen atoms in total. The Morgan fingerprint density at radius 1 is 1.67 bits per heavy atom. The summed E-state index contributed by atoms with van der Waals surface area (Å²) in [6, 6.07) is 1.98. The van der Waals surface area contributed by atoms with Gasteiger partial charge in [-0.2, -0.15) is 5.26 Å². The highest BCUT2D eigenvalue weighted by Gasteiger charge is 2.03. The van der Waals surface area contributed by atoms with E-state index in [-0.39, 0.29) is 11.6 Å². The summed E-state index contributed by atoms with van der Waals surface area (Å²) in [6.45, 7) is 7.45. The van der Waals surface area contributed by atoms with Crippen molar-refractivity contribution in [3.05, 3.63) is 36.3 Å². The van der Waals surface area contributed by atoms with Crippen LogP contribution in [0, 0.1) is 11.3 Å². The molecule has 1 atom stereocenters. The van der Waals surface area contributed by atoms with Crippen molar-refractivity contribution in [2.75, 3.05) is 0 Å². The Balaban J connectivity index is 4.37. The number of nitrogens with zero attached hydrogens (tertiary/aromatic N) is 1. The zero-order valence-electron chi connectivity index (χ0n) is 9.26. The SMILES string of the molecule is C=C/C=C(C#N)\C(F)=C/NC(C)CCC. The maximum Gasteiger partial charge on any atom is 0.156 e. The van der Waals surface area contributed by atoms with E-state index in [0.717, 1.165) is 12.8 Å². The molecule has 0 aromatic rings. The van der Waals surface area contributed by atoms with Crippen molar-refractivity contribution in [1.82, 2.24) is 5.32 Å². The van der Waals surface area contributed by atoms with Crippen molar-refractivity contribution in [3.8, 4) is 6.07 Å². The summed E-state index contributed by atoms with van der Waals surface area (Å²) in [5.41, 5.74) is -0.0128. The molecule has 82 valence electrons. The van der Waals surface area contributed by atoms with Gasteiger partial charge < -0.3 is 5.32 Å². The second-order valence-corrected chi connectivity index (χ2v) is 3.28. The summed E-state index contributed by atoms with van der Waals surface area (Å²) in [4.78, 5) is 0. The van der Waals surface area contributed by atoms with Crippen LogP contribution in [-0.2, 0) is 0 Å². The van der Waals surface area contributed by atoms with Crippen LogP contribution in [0.25, 0.3) is 0 Å². The van der Waals surface area contributed by atoms with Crippen molar-refractivity contribution in [1.29, 1.82) is 5.26 Å². The first-order chi connectivity index (χ1) is 7.15. The van der Waals surface area contributed by atoms with Gasteiger partial charge in [-0.3, -0.25) is 0 Å². The molecule has 0 aromatic carbocycles. The van der Waals surface area contributed by atoms with Crippen molar-refractivity contribution < 1.29 is 4.39 Å². The van der Waals surface area contributed by atoms with Crippen LogP contribution >= 0.6 is 0 Å². The van der Waals surface area contributed by atoms with Crippen molar-refractivity contribution >= 4 is 0 Å². The minimum absolute atomic E-state index is 0.0128. The van der Waals surface area contributed by atoms with E-state index in [4.69, 9.17) is 5.26 Å². The van der Waals surface area contributed by atoms with E-state index in [1.54, 1.807) is 6.07 Å². The van der Waals surface area contributed by atoms with Gasteiger partial charge in [-0.25, -0.2) is 4.39 Å². The Kier molecular flexibility index (Phi) is 7.00. The second-order valence-electron chi connectivity index (χ2n) is 3.28. The molecule has 0 saturated carbocycles. The molecule has 1 N–H and O–H groups in total. The molecule has 0 aromatic heterocycles. The molecule has 0 fully saturated rings. The fourth-order valence-electron chi connectivity index (χ4n) is 1.10. The molecular weight excluding hydrogens is 191 g/mol. The molecule has 0 heterocycles. The average Bonchev–Trinajstić information content (AvgIpc) is 2.23. The van der Waals surface area contributed by atoms with Crippen LogP contribution in [0.1, 0.15) is 26.7 Å².